The van der Waals surface area contributed by atoms with Crippen molar-refractivity contribution in [2.75, 3.05) is 51.8 Å². The molecule has 1 unspecified atom stereocenters. The Balaban J connectivity index is 1.52. The summed E-state index contributed by atoms with van der Waals surface area (Å²) in [4.78, 5) is 40.5. The molecule has 2 fully saturated rings. The number of nitrogens with one attached hydrogen (secondary N) is 1. The van der Waals surface area contributed by atoms with E-state index in [4.69, 9.17) is 9.47 Å². The van der Waals surface area contributed by atoms with Gasteiger partial charge in [0.15, 0.2) is 6.61 Å². The summed E-state index contributed by atoms with van der Waals surface area (Å²) in [6, 6.07) is 6.98. The van der Waals surface area contributed by atoms with Crippen LogP contribution >= 0.6 is 0 Å². The first-order valence-corrected chi connectivity index (χ1v) is 10.1. The van der Waals surface area contributed by atoms with Crippen molar-refractivity contribution in [3.8, 4) is 5.75 Å². The second-order valence-electron chi connectivity index (χ2n) is 7.60. The number of rotatable bonds is 8. The fourth-order valence-electron chi connectivity index (χ4n) is 3.92. The van der Waals surface area contributed by atoms with Gasteiger partial charge in [-0.25, -0.2) is 0 Å². The fraction of sp³-hybridized carbons (Fsp3) is 0.571. The Morgan fingerprint density at radius 1 is 1.24 bits per heavy atom. The molecule has 8 nitrogen and oxygen atoms in total. The smallest absolute Gasteiger partial charge is 0.260 e. The van der Waals surface area contributed by atoms with E-state index in [1.807, 2.05) is 4.90 Å². The molecule has 0 radical (unpaired) electrons. The number of likely N-dealkylation sites (tertiary alicyclic amines) is 2. The van der Waals surface area contributed by atoms with Crippen molar-refractivity contribution >= 4 is 23.4 Å². The van der Waals surface area contributed by atoms with Gasteiger partial charge in [0.05, 0.1) is 12.0 Å². The highest BCUT2D eigenvalue weighted by atomic mass is 16.5. The van der Waals surface area contributed by atoms with Crippen molar-refractivity contribution in [2.45, 2.75) is 26.2 Å². The zero-order valence-corrected chi connectivity index (χ0v) is 17.1. The number of ether oxygens (including phenoxy) is 2. The van der Waals surface area contributed by atoms with Gasteiger partial charge in [-0.2, -0.15) is 0 Å². The molecule has 1 atom stereocenters. The van der Waals surface area contributed by atoms with Crippen molar-refractivity contribution in [1.82, 2.24) is 9.80 Å². The summed E-state index contributed by atoms with van der Waals surface area (Å²) < 4.78 is 10.7. The van der Waals surface area contributed by atoms with Crippen LogP contribution in [0.5, 0.6) is 5.75 Å². The van der Waals surface area contributed by atoms with Crippen LogP contribution in [-0.2, 0) is 19.1 Å². The first kappa shape index (κ1) is 21.1. The van der Waals surface area contributed by atoms with Crippen LogP contribution in [0.15, 0.2) is 24.3 Å². The molecule has 2 heterocycles. The highest BCUT2D eigenvalue weighted by molar-refractivity contribution is 5.90. The third-order valence-electron chi connectivity index (χ3n) is 5.67. The number of benzene rings is 1. The molecular weight excluding hydrogens is 374 g/mol. The van der Waals surface area contributed by atoms with Gasteiger partial charge in [0.2, 0.25) is 11.8 Å². The quantitative estimate of drug-likeness (QED) is 0.711. The van der Waals surface area contributed by atoms with Gasteiger partial charge >= 0.3 is 0 Å². The topological polar surface area (TPSA) is 88.2 Å². The number of hydrogen-bond acceptors (Lipinski definition) is 5. The molecule has 0 bridgehead atoms. The van der Waals surface area contributed by atoms with E-state index in [1.165, 1.54) is 0 Å². The van der Waals surface area contributed by atoms with Crippen molar-refractivity contribution in [3.05, 3.63) is 24.3 Å². The third-order valence-corrected chi connectivity index (χ3v) is 5.67. The van der Waals surface area contributed by atoms with Crippen LogP contribution in [0.1, 0.15) is 26.2 Å². The standard InChI is InChI=1S/C21H29N3O5/c1-3-18(25)22-16-5-4-6-17(13-16)29-14-19(26)24-10-8-21(15-24)7-9-23(20(21)27)11-12-28-2/h4-6,13H,3,7-12,14-15H2,1-2H3,(H,22,25). The number of anilines is 1. The van der Waals surface area contributed by atoms with Crippen molar-refractivity contribution < 1.29 is 23.9 Å². The zero-order valence-electron chi connectivity index (χ0n) is 17.1. The lowest BCUT2D eigenvalue weighted by molar-refractivity contribution is -0.137. The Kier molecular flexibility index (Phi) is 6.74. The van der Waals surface area contributed by atoms with Gasteiger partial charge in [-0.3, -0.25) is 14.4 Å². The van der Waals surface area contributed by atoms with Gasteiger partial charge in [0.1, 0.15) is 5.75 Å². The van der Waals surface area contributed by atoms with Gasteiger partial charge < -0.3 is 24.6 Å². The van der Waals surface area contributed by atoms with Crippen LogP contribution < -0.4 is 10.1 Å². The zero-order chi connectivity index (χ0) is 20.9. The van der Waals surface area contributed by atoms with E-state index in [0.29, 0.717) is 50.5 Å². The van der Waals surface area contributed by atoms with E-state index in [1.54, 1.807) is 43.2 Å². The van der Waals surface area contributed by atoms with Crippen LogP contribution in [0, 0.1) is 5.41 Å². The summed E-state index contributed by atoms with van der Waals surface area (Å²) in [5.74, 6) is 0.434. The largest absolute Gasteiger partial charge is 0.484 e. The highest BCUT2D eigenvalue weighted by Gasteiger charge is 2.51. The molecule has 158 valence electrons. The minimum absolute atomic E-state index is 0.0821. The highest BCUT2D eigenvalue weighted by Crippen LogP contribution is 2.40. The maximum Gasteiger partial charge on any atom is 0.260 e. The van der Waals surface area contributed by atoms with Crippen LogP contribution in [-0.4, -0.2) is 74.0 Å². The van der Waals surface area contributed by atoms with E-state index in [-0.39, 0.29) is 24.3 Å². The molecule has 3 rings (SSSR count). The Morgan fingerprint density at radius 2 is 2.03 bits per heavy atom. The number of hydrogen-bond donors (Lipinski definition) is 1. The van der Waals surface area contributed by atoms with Gasteiger partial charge in [0.25, 0.3) is 5.91 Å². The molecule has 1 N–H and O–H groups in total. The average molecular weight is 403 g/mol. The SMILES string of the molecule is CCC(=O)Nc1cccc(OCC(=O)N2CCC3(CCN(CCOC)C3=O)C2)c1. The summed E-state index contributed by atoms with van der Waals surface area (Å²) in [5.41, 5.74) is 0.183. The van der Waals surface area contributed by atoms with E-state index < -0.39 is 5.41 Å². The molecule has 0 aliphatic carbocycles. The van der Waals surface area contributed by atoms with Crippen molar-refractivity contribution in [3.63, 3.8) is 0 Å². The summed E-state index contributed by atoms with van der Waals surface area (Å²) in [7, 11) is 1.62. The molecule has 1 spiro atoms. The van der Waals surface area contributed by atoms with Crippen molar-refractivity contribution in [2.24, 2.45) is 5.41 Å². The van der Waals surface area contributed by atoms with E-state index in [9.17, 15) is 14.4 Å². The Morgan fingerprint density at radius 3 is 2.79 bits per heavy atom. The molecule has 2 saturated heterocycles. The maximum absolute atomic E-state index is 12.8. The van der Waals surface area contributed by atoms with E-state index in [2.05, 4.69) is 5.32 Å². The lowest BCUT2D eigenvalue weighted by Crippen LogP contribution is -2.40. The lowest BCUT2D eigenvalue weighted by Gasteiger charge is -2.23. The molecule has 3 amide bonds. The minimum Gasteiger partial charge on any atom is -0.484 e. The monoisotopic (exact) mass is 403 g/mol. The van der Waals surface area contributed by atoms with Crippen molar-refractivity contribution in [1.29, 1.82) is 0 Å². The number of carbonyl (C=O) groups is 3. The molecule has 2 aliphatic rings. The summed E-state index contributed by atoms with van der Waals surface area (Å²) in [6.45, 7) is 4.54. The summed E-state index contributed by atoms with van der Waals surface area (Å²) >= 11 is 0. The van der Waals surface area contributed by atoms with E-state index >= 15 is 0 Å². The molecule has 0 saturated carbocycles. The second-order valence-corrected chi connectivity index (χ2v) is 7.60. The number of methoxy groups -OCH3 is 1. The summed E-state index contributed by atoms with van der Waals surface area (Å²) in [6.07, 6.45) is 1.86. The van der Waals surface area contributed by atoms with Crippen LogP contribution in [0.25, 0.3) is 0 Å². The predicted molar refractivity (Wildman–Crippen MR) is 108 cm³/mol. The molecule has 29 heavy (non-hydrogen) atoms. The lowest BCUT2D eigenvalue weighted by atomic mass is 9.85. The molecule has 8 heteroatoms. The minimum atomic E-state index is -0.451. The average Bonchev–Trinajstić information content (AvgIpc) is 3.30. The molecule has 1 aromatic rings. The first-order valence-electron chi connectivity index (χ1n) is 10.1. The maximum atomic E-state index is 12.8. The number of nitrogens with zero attached hydrogens (tertiary/aromatic N) is 2. The predicted octanol–water partition coefficient (Wildman–Crippen LogP) is 1.51. The Bertz CT molecular complexity index is 768. The summed E-state index contributed by atoms with van der Waals surface area (Å²) in [5, 5.41) is 2.77. The van der Waals surface area contributed by atoms with Crippen LogP contribution in [0.2, 0.25) is 0 Å². The van der Waals surface area contributed by atoms with E-state index in [0.717, 1.165) is 13.0 Å². The fourth-order valence-corrected chi connectivity index (χ4v) is 3.92. The van der Waals surface area contributed by atoms with Gasteiger partial charge in [-0.1, -0.05) is 13.0 Å². The second kappa shape index (κ2) is 9.26. The Labute approximate surface area is 171 Å². The van der Waals surface area contributed by atoms with Crippen LogP contribution in [0.3, 0.4) is 0 Å². The molecule has 2 aliphatic heterocycles. The van der Waals surface area contributed by atoms with Gasteiger partial charge in [0, 0.05) is 51.5 Å². The van der Waals surface area contributed by atoms with Gasteiger partial charge in [-0.15, -0.1) is 0 Å². The normalized spacial score (nSPS) is 21.1. The van der Waals surface area contributed by atoms with Crippen LogP contribution in [0.4, 0.5) is 5.69 Å². The van der Waals surface area contributed by atoms with Gasteiger partial charge in [-0.05, 0) is 25.0 Å². The number of amides is 3. The molecule has 1 aromatic carbocycles. The third kappa shape index (κ3) is 4.87. The molecular formula is C21H29N3O5. The number of carbonyl (C=O) groups excluding carboxylic acids is 3. The molecule has 0 aromatic heterocycles. The Hall–Kier alpha value is -2.61. The first-order chi connectivity index (χ1) is 14.0.